The van der Waals surface area contributed by atoms with Crippen molar-refractivity contribution in [3.63, 3.8) is 0 Å². The summed E-state index contributed by atoms with van der Waals surface area (Å²) in [7, 11) is 0. The van der Waals surface area contributed by atoms with Gasteiger partial charge < -0.3 is 10.2 Å². The van der Waals surface area contributed by atoms with Crippen molar-refractivity contribution in [1.82, 2.24) is 0 Å². The van der Waals surface area contributed by atoms with E-state index in [9.17, 15) is 13.2 Å². The van der Waals surface area contributed by atoms with E-state index in [0.29, 0.717) is 6.92 Å². The van der Waals surface area contributed by atoms with Gasteiger partial charge in [-0.15, -0.1) is 0 Å². The highest BCUT2D eigenvalue weighted by Gasteiger charge is 2.51. The molecule has 2 nitrogen and oxygen atoms in total. The van der Waals surface area contributed by atoms with Crippen LogP contribution in [0.15, 0.2) is 24.0 Å². The summed E-state index contributed by atoms with van der Waals surface area (Å²) in [6.07, 6.45) is -2.27. The predicted molar refractivity (Wildman–Crippen MR) is 42.2 cm³/mol. The Morgan fingerprint density at radius 2 is 1.77 bits per heavy atom. The Bertz CT molecular complexity index is 226. The predicted octanol–water partition coefficient (Wildman–Crippen LogP) is 2.32. The maximum absolute atomic E-state index is 12.2. The van der Waals surface area contributed by atoms with E-state index in [2.05, 4.69) is 0 Å². The summed E-state index contributed by atoms with van der Waals surface area (Å²) in [6.45, 7) is 2.06. The van der Waals surface area contributed by atoms with Crippen LogP contribution in [0.3, 0.4) is 0 Å². The van der Waals surface area contributed by atoms with Gasteiger partial charge >= 0.3 is 6.18 Å². The normalized spacial score (nSPS) is 19.1. The van der Waals surface area contributed by atoms with Gasteiger partial charge in [-0.05, 0) is 13.8 Å². The summed E-state index contributed by atoms with van der Waals surface area (Å²) in [6, 6.07) is 0. The third-order valence-electron chi connectivity index (χ3n) is 1.60. The van der Waals surface area contributed by atoms with Crippen molar-refractivity contribution in [3.8, 4) is 0 Å². The van der Waals surface area contributed by atoms with Crippen LogP contribution in [0, 0.1) is 0 Å². The van der Waals surface area contributed by atoms with Crippen LogP contribution < -0.4 is 0 Å². The molecule has 0 fully saturated rings. The first kappa shape index (κ1) is 12.0. The molecular weight excluding hydrogens is 185 g/mol. The Hall–Kier alpha value is -0.970. The van der Waals surface area contributed by atoms with Gasteiger partial charge in [0, 0.05) is 5.57 Å². The van der Waals surface area contributed by atoms with Crippen molar-refractivity contribution < 1.29 is 23.4 Å². The zero-order chi connectivity index (χ0) is 10.7. The molecule has 0 aromatic heterocycles. The van der Waals surface area contributed by atoms with Crippen LogP contribution >= 0.6 is 0 Å². The highest BCUT2D eigenvalue weighted by molar-refractivity contribution is 5.27. The Kier molecular flexibility index (Phi) is 3.54. The average molecular weight is 196 g/mol. The monoisotopic (exact) mass is 196 g/mol. The summed E-state index contributed by atoms with van der Waals surface area (Å²) in [4.78, 5) is 0. The third kappa shape index (κ3) is 2.48. The smallest absolute Gasteiger partial charge is 0.421 e. The molecule has 0 aliphatic heterocycles. The highest BCUT2D eigenvalue weighted by Crippen LogP contribution is 2.35. The largest absolute Gasteiger partial charge is 0.515 e. The van der Waals surface area contributed by atoms with Crippen molar-refractivity contribution in [2.24, 2.45) is 0 Å². The Morgan fingerprint density at radius 1 is 1.31 bits per heavy atom. The molecule has 0 aliphatic carbocycles. The maximum atomic E-state index is 12.2. The molecule has 0 radical (unpaired) electrons. The van der Waals surface area contributed by atoms with Crippen molar-refractivity contribution in [1.29, 1.82) is 0 Å². The molecule has 1 atom stereocenters. The molecule has 0 spiro atoms. The number of halogens is 3. The van der Waals surface area contributed by atoms with E-state index in [1.807, 2.05) is 0 Å². The first-order valence-corrected chi connectivity index (χ1v) is 3.54. The zero-order valence-corrected chi connectivity index (χ0v) is 7.26. The van der Waals surface area contributed by atoms with E-state index in [1.165, 1.54) is 13.0 Å². The quantitative estimate of drug-likeness (QED) is 0.525. The molecule has 5 heteroatoms. The summed E-state index contributed by atoms with van der Waals surface area (Å²) < 4.78 is 36.5. The first-order valence-electron chi connectivity index (χ1n) is 3.54. The van der Waals surface area contributed by atoms with Gasteiger partial charge in [0.1, 0.15) is 0 Å². The van der Waals surface area contributed by atoms with Gasteiger partial charge in [0.2, 0.25) is 0 Å². The topological polar surface area (TPSA) is 40.5 Å². The molecule has 0 aromatic rings. The number of aliphatic hydroxyl groups is 2. The first-order chi connectivity index (χ1) is 5.77. The van der Waals surface area contributed by atoms with Gasteiger partial charge in [-0.1, -0.05) is 12.2 Å². The Morgan fingerprint density at radius 3 is 2.00 bits per heavy atom. The number of hydrogen-bond donors (Lipinski definition) is 2. The minimum absolute atomic E-state index is 0.244. The minimum Gasteiger partial charge on any atom is -0.515 e. The Balaban J connectivity index is 5.02. The van der Waals surface area contributed by atoms with Crippen LogP contribution in [0.4, 0.5) is 13.2 Å². The van der Waals surface area contributed by atoms with E-state index in [0.717, 1.165) is 6.08 Å². The van der Waals surface area contributed by atoms with E-state index in [-0.39, 0.29) is 6.26 Å². The lowest BCUT2D eigenvalue weighted by molar-refractivity contribution is -0.236. The van der Waals surface area contributed by atoms with Crippen LogP contribution in [0.1, 0.15) is 13.8 Å². The van der Waals surface area contributed by atoms with E-state index >= 15 is 0 Å². The molecule has 13 heavy (non-hydrogen) atoms. The molecule has 0 heterocycles. The SMILES string of the molecule is C/C=C\C(=C/O)C(C)(O)C(F)(F)F. The molecule has 2 N–H and O–H groups in total. The molecule has 0 saturated carbocycles. The van der Waals surface area contributed by atoms with Gasteiger partial charge in [-0.25, -0.2) is 0 Å². The van der Waals surface area contributed by atoms with Crippen LogP contribution in [-0.2, 0) is 0 Å². The summed E-state index contributed by atoms with van der Waals surface area (Å²) in [5.41, 5.74) is -3.61. The lowest BCUT2D eigenvalue weighted by Crippen LogP contribution is -2.43. The van der Waals surface area contributed by atoms with Crippen LogP contribution in [0.2, 0.25) is 0 Å². The fraction of sp³-hybridized carbons (Fsp3) is 0.500. The standard InChI is InChI=1S/C8H11F3O2/c1-3-4-6(5-12)7(2,13)8(9,10)11/h3-5,12-13H,1-2H3/b4-3-,6-5+. The fourth-order valence-corrected chi connectivity index (χ4v) is 0.674. The molecule has 0 aromatic carbocycles. The molecule has 0 bridgehead atoms. The van der Waals surface area contributed by atoms with E-state index in [1.54, 1.807) is 0 Å². The maximum Gasteiger partial charge on any atom is 0.421 e. The summed E-state index contributed by atoms with van der Waals surface area (Å²) in [5.74, 6) is 0. The van der Waals surface area contributed by atoms with Crippen molar-refractivity contribution in [2.75, 3.05) is 0 Å². The summed E-state index contributed by atoms with van der Waals surface area (Å²) >= 11 is 0. The van der Waals surface area contributed by atoms with E-state index < -0.39 is 17.4 Å². The van der Waals surface area contributed by atoms with Crippen LogP contribution in [0.5, 0.6) is 0 Å². The van der Waals surface area contributed by atoms with Crippen molar-refractivity contribution in [2.45, 2.75) is 25.6 Å². The molecule has 0 aliphatic rings. The van der Waals surface area contributed by atoms with Crippen molar-refractivity contribution in [3.05, 3.63) is 24.0 Å². The molecule has 1 unspecified atom stereocenters. The van der Waals surface area contributed by atoms with Crippen LogP contribution in [0.25, 0.3) is 0 Å². The second-order valence-corrected chi connectivity index (χ2v) is 2.65. The van der Waals surface area contributed by atoms with Gasteiger partial charge in [0.15, 0.2) is 5.60 Å². The fourth-order valence-electron chi connectivity index (χ4n) is 0.674. The molecule has 0 rings (SSSR count). The molecule has 0 amide bonds. The molecular formula is C8H11F3O2. The number of rotatable bonds is 2. The lowest BCUT2D eigenvalue weighted by Gasteiger charge is -2.26. The highest BCUT2D eigenvalue weighted by atomic mass is 19.4. The molecule has 76 valence electrons. The third-order valence-corrected chi connectivity index (χ3v) is 1.60. The van der Waals surface area contributed by atoms with Gasteiger partial charge in [-0.3, -0.25) is 0 Å². The second kappa shape index (κ2) is 3.83. The Labute approximate surface area is 74.0 Å². The average Bonchev–Trinajstić information content (AvgIpc) is 1.97. The van der Waals surface area contributed by atoms with Crippen molar-refractivity contribution >= 4 is 0 Å². The van der Waals surface area contributed by atoms with Gasteiger partial charge in [0.25, 0.3) is 0 Å². The number of hydrogen-bond acceptors (Lipinski definition) is 2. The summed E-state index contributed by atoms with van der Waals surface area (Å²) in [5, 5.41) is 17.5. The van der Waals surface area contributed by atoms with E-state index in [4.69, 9.17) is 10.2 Å². The minimum atomic E-state index is -4.80. The number of allylic oxidation sites excluding steroid dienone is 1. The molecule has 0 saturated heterocycles. The zero-order valence-electron chi connectivity index (χ0n) is 7.26. The second-order valence-electron chi connectivity index (χ2n) is 2.65. The number of aliphatic hydroxyl groups excluding tert-OH is 1. The lowest BCUT2D eigenvalue weighted by atomic mass is 9.96. The van der Waals surface area contributed by atoms with Gasteiger partial charge in [-0.2, -0.15) is 13.2 Å². The number of alkyl halides is 3. The van der Waals surface area contributed by atoms with Gasteiger partial charge in [0.05, 0.1) is 6.26 Å². The van der Waals surface area contributed by atoms with Crippen LogP contribution in [-0.4, -0.2) is 22.0 Å².